The molecule has 1 N–H and O–H groups in total. The Kier molecular flexibility index (Phi) is 6.96. The molecule has 1 unspecified atom stereocenters. The van der Waals surface area contributed by atoms with E-state index >= 15 is 0 Å². The number of alkyl halides is 3. The van der Waals surface area contributed by atoms with Crippen LogP contribution < -0.4 is 0 Å². The van der Waals surface area contributed by atoms with E-state index in [1.54, 1.807) is 0 Å². The van der Waals surface area contributed by atoms with Gasteiger partial charge in [-0.2, -0.15) is 13.2 Å². The van der Waals surface area contributed by atoms with Gasteiger partial charge in [0.1, 0.15) is 13.2 Å². The summed E-state index contributed by atoms with van der Waals surface area (Å²) in [4.78, 5) is 25.1. The maximum absolute atomic E-state index is 13.4. The third-order valence-corrected chi connectivity index (χ3v) is 6.10. The van der Waals surface area contributed by atoms with Crippen molar-refractivity contribution in [3.05, 3.63) is 93.5 Å². The molecule has 0 aromatic heterocycles. The van der Waals surface area contributed by atoms with Gasteiger partial charge in [0, 0.05) is 16.0 Å². The molecule has 1 aliphatic carbocycles. The number of carbonyl (C=O) groups excluding carboxylic acids is 1. The third kappa shape index (κ3) is 5.39. The van der Waals surface area contributed by atoms with E-state index in [0.717, 1.165) is 34.4 Å². The average Bonchev–Trinajstić information content (AvgIpc) is 3.09. The van der Waals surface area contributed by atoms with Gasteiger partial charge in [-0.05, 0) is 46.0 Å². The van der Waals surface area contributed by atoms with Gasteiger partial charge >= 0.3 is 18.2 Å². The van der Waals surface area contributed by atoms with Gasteiger partial charge in [-0.3, -0.25) is 4.90 Å². The topological polar surface area (TPSA) is 66.8 Å². The summed E-state index contributed by atoms with van der Waals surface area (Å²) in [5, 5.41) is 9.79. The van der Waals surface area contributed by atoms with Crippen LogP contribution in [0.1, 0.15) is 28.7 Å². The standard InChI is InChI=1S/C25H18Cl2F3NO4/c26-15-9-14(10-16(27)11-15)22(23(32)33)31(13-25(28,29)30)24(34)35-12-21-19-7-3-1-5-17(19)18-6-2-4-8-20(18)21/h1-11,21-22H,12-13H2,(H,32,33). The zero-order valence-corrected chi connectivity index (χ0v) is 19.4. The molecule has 35 heavy (non-hydrogen) atoms. The number of fused-ring (bicyclic) bond motifs is 3. The lowest BCUT2D eigenvalue weighted by Gasteiger charge is -2.30. The zero-order chi connectivity index (χ0) is 25.3. The third-order valence-electron chi connectivity index (χ3n) is 5.67. The fraction of sp³-hybridized carbons (Fsp3) is 0.200. The first-order valence-electron chi connectivity index (χ1n) is 10.4. The van der Waals surface area contributed by atoms with Crippen molar-refractivity contribution in [3.8, 4) is 11.1 Å². The Bertz CT molecular complexity index is 1220. The number of aliphatic carboxylic acids is 1. The number of ether oxygens (including phenoxy) is 1. The molecule has 0 heterocycles. The monoisotopic (exact) mass is 523 g/mol. The molecule has 5 nitrogen and oxygen atoms in total. The number of hydrogen-bond acceptors (Lipinski definition) is 3. The van der Waals surface area contributed by atoms with Crippen LogP contribution >= 0.6 is 23.2 Å². The number of carboxylic acids is 1. The first-order chi connectivity index (χ1) is 16.5. The normalized spacial score (nSPS) is 13.6. The highest BCUT2D eigenvalue weighted by Crippen LogP contribution is 2.44. The summed E-state index contributed by atoms with van der Waals surface area (Å²) in [5.74, 6) is -2.11. The van der Waals surface area contributed by atoms with Crippen molar-refractivity contribution in [2.45, 2.75) is 18.1 Å². The Morgan fingerprint density at radius 2 is 1.46 bits per heavy atom. The molecule has 0 aliphatic heterocycles. The molecule has 3 aromatic carbocycles. The van der Waals surface area contributed by atoms with Crippen LogP contribution in [0.3, 0.4) is 0 Å². The zero-order valence-electron chi connectivity index (χ0n) is 17.9. The second-order valence-electron chi connectivity index (χ2n) is 7.99. The minimum atomic E-state index is -4.89. The van der Waals surface area contributed by atoms with Crippen LogP contribution in [0, 0.1) is 0 Å². The van der Waals surface area contributed by atoms with E-state index < -0.39 is 36.7 Å². The van der Waals surface area contributed by atoms with Gasteiger partial charge in [0.25, 0.3) is 0 Å². The van der Waals surface area contributed by atoms with Crippen molar-refractivity contribution in [2.24, 2.45) is 0 Å². The van der Waals surface area contributed by atoms with Crippen molar-refractivity contribution >= 4 is 35.3 Å². The largest absolute Gasteiger partial charge is 0.479 e. The van der Waals surface area contributed by atoms with Gasteiger partial charge in [0.15, 0.2) is 6.04 Å². The molecule has 0 spiro atoms. The van der Waals surface area contributed by atoms with E-state index in [2.05, 4.69) is 0 Å². The number of halogens is 5. The molecule has 0 fully saturated rings. The van der Waals surface area contributed by atoms with Crippen LogP contribution in [0.5, 0.6) is 0 Å². The minimum absolute atomic E-state index is 0.0123. The Morgan fingerprint density at radius 3 is 1.94 bits per heavy atom. The highest BCUT2D eigenvalue weighted by Gasteiger charge is 2.42. The first-order valence-corrected chi connectivity index (χ1v) is 11.2. The van der Waals surface area contributed by atoms with Gasteiger partial charge in [-0.1, -0.05) is 71.7 Å². The Hall–Kier alpha value is -3.23. The molecule has 3 aromatic rings. The van der Waals surface area contributed by atoms with Crippen molar-refractivity contribution in [2.75, 3.05) is 13.2 Å². The second-order valence-corrected chi connectivity index (χ2v) is 8.86. The van der Waals surface area contributed by atoms with E-state index in [4.69, 9.17) is 27.9 Å². The van der Waals surface area contributed by atoms with Crippen LogP contribution in [-0.2, 0) is 9.53 Å². The van der Waals surface area contributed by atoms with E-state index in [1.165, 1.54) is 6.07 Å². The van der Waals surface area contributed by atoms with Crippen LogP contribution in [0.15, 0.2) is 66.7 Å². The second kappa shape index (κ2) is 9.79. The minimum Gasteiger partial charge on any atom is -0.479 e. The summed E-state index contributed by atoms with van der Waals surface area (Å²) in [7, 11) is 0. The summed E-state index contributed by atoms with van der Waals surface area (Å²) in [6.45, 7) is -2.12. The van der Waals surface area contributed by atoms with Gasteiger partial charge in [0.2, 0.25) is 0 Å². The van der Waals surface area contributed by atoms with Crippen LogP contribution in [0.25, 0.3) is 11.1 Å². The number of nitrogens with zero attached hydrogens (tertiary/aromatic N) is 1. The van der Waals surface area contributed by atoms with E-state index in [1.807, 2.05) is 48.5 Å². The van der Waals surface area contributed by atoms with Crippen molar-refractivity contribution in [1.29, 1.82) is 0 Å². The molecule has 1 amide bonds. The maximum atomic E-state index is 13.4. The van der Waals surface area contributed by atoms with Gasteiger partial charge in [-0.15, -0.1) is 0 Å². The number of carboxylic acid groups (broad SMARTS) is 1. The first kappa shape index (κ1) is 24.9. The van der Waals surface area contributed by atoms with Gasteiger partial charge in [0.05, 0.1) is 0 Å². The van der Waals surface area contributed by atoms with Crippen molar-refractivity contribution in [1.82, 2.24) is 4.90 Å². The van der Waals surface area contributed by atoms with Crippen LogP contribution in [0.4, 0.5) is 18.0 Å². The molecule has 182 valence electrons. The Labute approximate surface area is 208 Å². The SMILES string of the molecule is O=C(O)C(c1cc(Cl)cc(Cl)c1)N(CC(F)(F)F)C(=O)OCC1c2ccccc2-c2ccccc21. The van der Waals surface area contributed by atoms with Crippen molar-refractivity contribution < 1.29 is 32.6 Å². The molecular weight excluding hydrogens is 506 g/mol. The molecular formula is C25H18Cl2F3NO4. The highest BCUT2D eigenvalue weighted by molar-refractivity contribution is 6.34. The summed E-state index contributed by atoms with van der Waals surface area (Å²) in [6.07, 6.45) is -6.31. The molecule has 0 saturated carbocycles. The fourth-order valence-corrected chi connectivity index (χ4v) is 4.86. The fourth-order valence-electron chi connectivity index (χ4n) is 4.32. The van der Waals surface area contributed by atoms with Gasteiger partial charge in [-0.25, -0.2) is 9.59 Å². The lowest BCUT2D eigenvalue weighted by molar-refractivity contribution is -0.158. The summed E-state index contributed by atoms with van der Waals surface area (Å²) < 4.78 is 45.5. The highest BCUT2D eigenvalue weighted by atomic mass is 35.5. The van der Waals surface area contributed by atoms with Crippen LogP contribution in [0.2, 0.25) is 10.0 Å². The number of hydrogen-bond donors (Lipinski definition) is 1. The quantitative estimate of drug-likeness (QED) is 0.380. The maximum Gasteiger partial charge on any atom is 0.411 e. The number of rotatable bonds is 6. The predicted molar refractivity (Wildman–Crippen MR) is 125 cm³/mol. The number of amides is 1. The van der Waals surface area contributed by atoms with E-state index in [-0.39, 0.29) is 27.1 Å². The van der Waals surface area contributed by atoms with Crippen LogP contribution in [-0.4, -0.2) is 41.4 Å². The smallest absolute Gasteiger partial charge is 0.411 e. The van der Waals surface area contributed by atoms with Gasteiger partial charge < -0.3 is 9.84 Å². The average molecular weight is 524 g/mol. The Morgan fingerprint density at radius 1 is 0.943 bits per heavy atom. The van der Waals surface area contributed by atoms with E-state index in [9.17, 15) is 27.9 Å². The van der Waals surface area contributed by atoms with Crippen molar-refractivity contribution in [3.63, 3.8) is 0 Å². The molecule has 4 rings (SSSR count). The summed E-state index contributed by atoms with van der Waals surface area (Å²) >= 11 is 11.8. The summed E-state index contributed by atoms with van der Waals surface area (Å²) in [5.41, 5.74) is 3.41. The van der Waals surface area contributed by atoms with E-state index in [0.29, 0.717) is 0 Å². The predicted octanol–water partition coefficient (Wildman–Crippen LogP) is 6.93. The molecule has 0 radical (unpaired) electrons. The Balaban J connectivity index is 1.64. The molecule has 10 heteroatoms. The molecule has 0 bridgehead atoms. The number of benzene rings is 3. The lowest BCUT2D eigenvalue weighted by Crippen LogP contribution is -2.45. The molecule has 1 aliphatic rings. The molecule has 0 saturated heterocycles. The summed E-state index contributed by atoms with van der Waals surface area (Å²) in [6, 6.07) is 16.5. The molecule has 1 atom stereocenters. The number of carbonyl (C=O) groups is 2. The lowest BCUT2D eigenvalue weighted by atomic mass is 9.98.